The van der Waals surface area contributed by atoms with Crippen LogP contribution in [0.3, 0.4) is 0 Å². The number of fused-ring (bicyclic) bond motifs is 5. The molecule has 3 nitrogen and oxygen atoms in total. The van der Waals surface area contributed by atoms with Gasteiger partial charge in [0.1, 0.15) is 11.2 Å². The highest BCUT2D eigenvalue weighted by molar-refractivity contribution is 6.74. The summed E-state index contributed by atoms with van der Waals surface area (Å²) >= 11 is 0. The van der Waals surface area contributed by atoms with Crippen molar-refractivity contribution in [2.24, 2.45) is 0 Å². The zero-order valence-corrected chi connectivity index (χ0v) is 18.8. The SMILES string of the molecule is CCC1(C)B2N(C)c3ccccc3N2c2cc(-c3ccccc3)cc[n+]2C1(C)CC. The molecule has 5 rings (SSSR count). The third-order valence-corrected chi connectivity index (χ3v) is 8.18. The molecule has 0 amide bonds. The summed E-state index contributed by atoms with van der Waals surface area (Å²) in [6.45, 7) is 9.92. The fourth-order valence-corrected chi connectivity index (χ4v) is 5.96. The van der Waals surface area contributed by atoms with Crippen molar-refractivity contribution >= 4 is 24.2 Å². The monoisotopic (exact) mass is 396 g/mol. The zero-order chi connectivity index (χ0) is 21.1. The van der Waals surface area contributed by atoms with E-state index in [0.717, 1.165) is 12.8 Å². The normalized spacial score (nSPS) is 24.5. The first-order valence-electron chi connectivity index (χ1n) is 11.2. The summed E-state index contributed by atoms with van der Waals surface area (Å²) in [6.07, 6.45) is 4.53. The molecule has 2 atom stereocenters. The van der Waals surface area contributed by atoms with Crippen LogP contribution >= 0.6 is 0 Å². The Morgan fingerprint density at radius 1 is 0.833 bits per heavy atom. The van der Waals surface area contributed by atoms with E-state index in [-0.39, 0.29) is 17.8 Å². The predicted octanol–water partition coefficient (Wildman–Crippen LogP) is 6.03. The Hall–Kier alpha value is -2.75. The topological polar surface area (TPSA) is 10.4 Å². The van der Waals surface area contributed by atoms with Gasteiger partial charge in [-0.05, 0) is 56.1 Å². The van der Waals surface area contributed by atoms with Gasteiger partial charge in [-0.2, -0.15) is 0 Å². The van der Waals surface area contributed by atoms with Crippen molar-refractivity contribution in [3.05, 3.63) is 72.9 Å². The average Bonchev–Trinajstić information content (AvgIpc) is 3.11. The molecule has 3 aromatic rings. The lowest BCUT2D eigenvalue weighted by Crippen LogP contribution is -2.74. The van der Waals surface area contributed by atoms with Crippen molar-refractivity contribution in [2.75, 3.05) is 16.7 Å². The van der Waals surface area contributed by atoms with Gasteiger partial charge >= 0.3 is 6.98 Å². The molecule has 0 radical (unpaired) electrons. The molecule has 0 saturated carbocycles. The second-order valence-electron chi connectivity index (χ2n) is 9.25. The Morgan fingerprint density at radius 2 is 1.50 bits per heavy atom. The molecule has 0 N–H and O–H groups in total. The quantitative estimate of drug-likeness (QED) is 0.396. The molecule has 0 spiro atoms. The van der Waals surface area contributed by atoms with Crippen molar-refractivity contribution in [3.63, 3.8) is 0 Å². The summed E-state index contributed by atoms with van der Waals surface area (Å²) in [5.74, 6) is 1.29. The van der Waals surface area contributed by atoms with Crippen LogP contribution in [0.5, 0.6) is 0 Å². The van der Waals surface area contributed by atoms with Crippen LogP contribution in [0.1, 0.15) is 40.5 Å². The second-order valence-corrected chi connectivity index (χ2v) is 9.25. The number of rotatable bonds is 3. The van der Waals surface area contributed by atoms with E-state index in [1.54, 1.807) is 0 Å². The third-order valence-electron chi connectivity index (χ3n) is 8.18. The minimum absolute atomic E-state index is 0.0176. The number of hydrogen-bond acceptors (Lipinski definition) is 2. The fourth-order valence-electron chi connectivity index (χ4n) is 5.96. The molecule has 3 heterocycles. The Balaban J connectivity index is 1.81. The largest absolute Gasteiger partial charge is 0.512 e. The lowest BCUT2D eigenvalue weighted by molar-refractivity contribution is -0.758. The van der Waals surface area contributed by atoms with E-state index in [2.05, 4.69) is 122 Å². The van der Waals surface area contributed by atoms with Crippen LogP contribution in [0.15, 0.2) is 72.9 Å². The van der Waals surface area contributed by atoms with Crippen molar-refractivity contribution in [2.45, 2.75) is 51.4 Å². The summed E-state index contributed by atoms with van der Waals surface area (Å²) in [5, 5.41) is 0.0848. The molecule has 30 heavy (non-hydrogen) atoms. The molecule has 2 aliphatic rings. The van der Waals surface area contributed by atoms with E-state index in [1.165, 1.54) is 28.3 Å². The van der Waals surface area contributed by atoms with Gasteiger partial charge in [0.15, 0.2) is 0 Å². The van der Waals surface area contributed by atoms with E-state index < -0.39 is 0 Å². The molecule has 0 bridgehead atoms. The first-order valence-corrected chi connectivity index (χ1v) is 11.2. The number of hydrogen-bond donors (Lipinski definition) is 0. The highest BCUT2D eigenvalue weighted by atomic mass is 15.4. The maximum Gasteiger partial charge on any atom is 0.512 e. The first kappa shape index (κ1) is 19.2. The van der Waals surface area contributed by atoms with Crippen molar-refractivity contribution < 1.29 is 4.57 Å². The standard InChI is InChI=1S/C26H31BN3/c1-6-25(3)26(4,7-2)29-18-17-21(20-13-9-8-10-14-20)19-24(29)30-23-16-12-11-15-22(23)28(5)27(25)30/h8-19H,6-7H2,1-5H3/q+1. The number of pyridine rings is 1. The van der Waals surface area contributed by atoms with E-state index in [4.69, 9.17) is 0 Å². The Labute approximate surface area is 181 Å². The summed E-state index contributed by atoms with van der Waals surface area (Å²) < 4.78 is 2.55. The van der Waals surface area contributed by atoms with E-state index >= 15 is 0 Å². The van der Waals surface area contributed by atoms with Gasteiger partial charge in [0, 0.05) is 6.07 Å². The minimum Gasteiger partial charge on any atom is -0.373 e. The molecule has 152 valence electrons. The van der Waals surface area contributed by atoms with E-state index in [1.807, 2.05) is 0 Å². The molecule has 0 saturated heterocycles. The molecule has 2 aliphatic heterocycles. The van der Waals surface area contributed by atoms with Crippen molar-refractivity contribution in [1.29, 1.82) is 0 Å². The first-order chi connectivity index (χ1) is 14.5. The molecular formula is C26H31BN3+. The van der Waals surface area contributed by atoms with Crippen molar-refractivity contribution in [3.8, 4) is 11.1 Å². The van der Waals surface area contributed by atoms with Gasteiger partial charge in [0.25, 0.3) is 5.82 Å². The number of anilines is 3. The Morgan fingerprint density at radius 3 is 2.17 bits per heavy atom. The molecule has 1 aromatic heterocycles. The molecular weight excluding hydrogens is 365 g/mol. The minimum atomic E-state index is 0.0176. The highest BCUT2D eigenvalue weighted by Crippen LogP contribution is 2.59. The Bertz CT molecular complexity index is 1100. The Kier molecular flexibility index (Phi) is 4.25. The third kappa shape index (κ3) is 2.31. The van der Waals surface area contributed by atoms with E-state index in [0.29, 0.717) is 0 Å². The molecule has 2 unspecified atom stereocenters. The lowest BCUT2D eigenvalue weighted by atomic mass is 9.39. The van der Waals surface area contributed by atoms with Crippen LogP contribution in [-0.4, -0.2) is 14.0 Å². The van der Waals surface area contributed by atoms with Gasteiger partial charge in [-0.3, -0.25) is 4.81 Å². The predicted molar refractivity (Wildman–Crippen MR) is 127 cm³/mol. The van der Waals surface area contributed by atoms with Gasteiger partial charge in [-0.25, -0.2) is 4.57 Å². The highest BCUT2D eigenvalue weighted by Gasteiger charge is 2.69. The summed E-state index contributed by atoms with van der Waals surface area (Å²) in [5.41, 5.74) is 5.18. The molecule has 4 heteroatoms. The fraction of sp³-hybridized carbons (Fsp3) is 0.346. The van der Waals surface area contributed by atoms with Crippen LogP contribution in [0.4, 0.5) is 17.2 Å². The van der Waals surface area contributed by atoms with E-state index in [9.17, 15) is 0 Å². The number of benzene rings is 2. The van der Waals surface area contributed by atoms with Crippen molar-refractivity contribution in [1.82, 2.24) is 0 Å². The lowest BCUT2D eigenvalue weighted by Gasteiger charge is -2.51. The van der Waals surface area contributed by atoms with Crippen LogP contribution < -0.4 is 14.2 Å². The maximum absolute atomic E-state index is 2.59. The number of nitrogens with zero attached hydrogens (tertiary/aromatic N) is 3. The molecule has 2 aromatic carbocycles. The van der Waals surface area contributed by atoms with Gasteiger partial charge < -0.3 is 4.81 Å². The zero-order valence-electron chi connectivity index (χ0n) is 18.8. The molecule has 0 aliphatic carbocycles. The summed E-state index contributed by atoms with van der Waals surface area (Å²) in [4.78, 5) is 5.09. The second kappa shape index (κ2) is 6.63. The summed E-state index contributed by atoms with van der Waals surface area (Å²) in [7, 11) is 2.27. The number of aromatic nitrogens is 1. The van der Waals surface area contributed by atoms with Crippen LogP contribution in [0, 0.1) is 0 Å². The maximum atomic E-state index is 2.59. The van der Waals surface area contributed by atoms with Gasteiger partial charge in [-0.1, -0.05) is 63.2 Å². The van der Waals surface area contributed by atoms with Crippen LogP contribution in [0.2, 0.25) is 5.31 Å². The van der Waals surface area contributed by atoms with Gasteiger partial charge in [0.2, 0.25) is 0 Å². The van der Waals surface area contributed by atoms with Gasteiger partial charge in [-0.15, -0.1) is 0 Å². The summed E-state index contributed by atoms with van der Waals surface area (Å²) in [6, 6.07) is 24.3. The number of para-hydroxylation sites is 2. The smallest absolute Gasteiger partial charge is 0.373 e. The molecule has 0 fully saturated rings. The van der Waals surface area contributed by atoms with Crippen LogP contribution in [-0.2, 0) is 5.54 Å². The van der Waals surface area contributed by atoms with Gasteiger partial charge in [0.05, 0.1) is 17.2 Å². The van der Waals surface area contributed by atoms with Crippen LogP contribution in [0.25, 0.3) is 11.1 Å². The average molecular weight is 396 g/mol.